The number of carbonyl (C=O) groups excluding carboxylic acids is 1. The number of thioether (sulfide) groups is 1. The number of aromatic nitrogens is 3. The minimum Gasteiger partial charge on any atom is -0.493 e. The predicted octanol–water partition coefficient (Wildman–Crippen LogP) is 5.20. The molecule has 1 heterocycles. The lowest BCUT2D eigenvalue weighted by Gasteiger charge is -2.10. The van der Waals surface area contributed by atoms with Crippen LogP contribution in [0.15, 0.2) is 84.0 Å². The second-order valence-electron chi connectivity index (χ2n) is 6.81. The van der Waals surface area contributed by atoms with E-state index < -0.39 is 0 Å². The van der Waals surface area contributed by atoms with Gasteiger partial charge in [0, 0.05) is 16.7 Å². The molecule has 1 aromatic heterocycles. The van der Waals surface area contributed by atoms with Crippen LogP contribution in [0.25, 0.3) is 22.5 Å². The Kier molecular flexibility index (Phi) is 6.77. The van der Waals surface area contributed by atoms with Crippen molar-refractivity contribution in [2.75, 3.05) is 20.0 Å². The number of benzene rings is 3. The van der Waals surface area contributed by atoms with Crippen LogP contribution in [0.3, 0.4) is 0 Å². The second kappa shape index (κ2) is 10.1. The van der Waals surface area contributed by atoms with Crippen LogP contribution in [0.5, 0.6) is 11.5 Å². The van der Waals surface area contributed by atoms with E-state index in [9.17, 15) is 4.79 Å². The van der Waals surface area contributed by atoms with Crippen molar-refractivity contribution in [1.29, 1.82) is 0 Å². The third-order valence-corrected chi connectivity index (χ3v) is 5.64. The Labute approximate surface area is 190 Å². The van der Waals surface area contributed by atoms with Crippen LogP contribution in [0.4, 0.5) is 0 Å². The standard InChI is InChI=1S/C25H21N3O3S/c1-30-21-14-13-19(15-22(21)31-2)20(29)16-32-25-26-23(17-9-5-3-6-10-17)24(27-28-25)18-11-7-4-8-12-18/h3-15H,16H2,1-2H3. The summed E-state index contributed by atoms with van der Waals surface area (Å²) in [7, 11) is 3.10. The molecule has 0 amide bonds. The lowest BCUT2D eigenvalue weighted by molar-refractivity contribution is 0.102. The molecule has 4 rings (SSSR count). The smallest absolute Gasteiger partial charge is 0.210 e. The molecular formula is C25H21N3O3S. The maximum atomic E-state index is 12.7. The predicted molar refractivity (Wildman–Crippen MR) is 125 cm³/mol. The van der Waals surface area contributed by atoms with Crippen LogP contribution in [-0.2, 0) is 0 Å². The number of ether oxygens (including phenoxy) is 2. The number of hydrogen-bond acceptors (Lipinski definition) is 7. The Balaban J connectivity index is 1.59. The topological polar surface area (TPSA) is 74.2 Å². The minimum absolute atomic E-state index is 0.0621. The number of rotatable bonds is 8. The summed E-state index contributed by atoms with van der Waals surface area (Å²) in [5.41, 5.74) is 3.84. The maximum Gasteiger partial charge on any atom is 0.210 e. The molecule has 32 heavy (non-hydrogen) atoms. The van der Waals surface area contributed by atoms with Crippen molar-refractivity contribution in [3.8, 4) is 34.0 Å². The molecule has 0 saturated carbocycles. The summed E-state index contributed by atoms with van der Waals surface area (Å²) in [4.78, 5) is 17.5. The molecule has 0 N–H and O–H groups in total. The molecule has 0 aliphatic carbocycles. The average Bonchev–Trinajstić information content (AvgIpc) is 2.87. The van der Waals surface area contributed by atoms with Crippen molar-refractivity contribution >= 4 is 17.5 Å². The molecule has 4 aromatic rings. The van der Waals surface area contributed by atoms with Gasteiger partial charge >= 0.3 is 0 Å². The van der Waals surface area contributed by atoms with Gasteiger partial charge in [0.05, 0.1) is 20.0 Å². The first-order valence-corrected chi connectivity index (χ1v) is 10.9. The molecule has 0 aliphatic rings. The third kappa shape index (κ3) is 4.78. The molecule has 0 fully saturated rings. The fourth-order valence-electron chi connectivity index (χ4n) is 3.18. The summed E-state index contributed by atoms with van der Waals surface area (Å²) in [6, 6.07) is 24.8. The maximum absolute atomic E-state index is 12.7. The van der Waals surface area contributed by atoms with Crippen LogP contribution >= 0.6 is 11.8 Å². The summed E-state index contributed by atoms with van der Waals surface area (Å²) in [5, 5.41) is 9.16. The molecule has 160 valence electrons. The van der Waals surface area contributed by atoms with Crippen molar-refractivity contribution in [3.63, 3.8) is 0 Å². The summed E-state index contributed by atoms with van der Waals surface area (Å²) < 4.78 is 10.5. The molecule has 0 aliphatic heterocycles. The Morgan fingerprint density at radius 3 is 2.03 bits per heavy atom. The molecule has 0 unspecified atom stereocenters. The van der Waals surface area contributed by atoms with E-state index in [0.29, 0.717) is 27.9 Å². The first-order valence-electron chi connectivity index (χ1n) is 9.93. The monoisotopic (exact) mass is 443 g/mol. The Morgan fingerprint density at radius 2 is 1.41 bits per heavy atom. The molecule has 0 saturated heterocycles. The van der Waals surface area contributed by atoms with E-state index in [2.05, 4.69) is 10.2 Å². The van der Waals surface area contributed by atoms with Crippen molar-refractivity contribution in [2.24, 2.45) is 0 Å². The lowest BCUT2D eigenvalue weighted by Crippen LogP contribution is -2.05. The first-order chi connectivity index (χ1) is 15.7. The summed E-state index contributed by atoms with van der Waals surface area (Å²) in [6.45, 7) is 0. The van der Waals surface area contributed by atoms with Crippen molar-refractivity contribution in [1.82, 2.24) is 15.2 Å². The Bertz CT molecular complexity index is 1220. The van der Waals surface area contributed by atoms with Gasteiger partial charge in [-0.3, -0.25) is 4.79 Å². The Morgan fingerprint density at radius 1 is 0.781 bits per heavy atom. The fraction of sp³-hybridized carbons (Fsp3) is 0.120. The van der Waals surface area contributed by atoms with Gasteiger partial charge in [0.2, 0.25) is 5.16 Å². The number of Topliss-reactive ketones (excluding diaryl/α,β-unsaturated/α-hetero) is 1. The van der Waals surface area contributed by atoms with Crippen molar-refractivity contribution < 1.29 is 14.3 Å². The van der Waals surface area contributed by atoms with Gasteiger partial charge in [0.25, 0.3) is 0 Å². The highest BCUT2D eigenvalue weighted by Gasteiger charge is 2.16. The normalized spacial score (nSPS) is 10.6. The molecule has 7 heteroatoms. The Hall–Kier alpha value is -3.71. The van der Waals surface area contributed by atoms with E-state index in [4.69, 9.17) is 14.5 Å². The van der Waals surface area contributed by atoms with Crippen LogP contribution < -0.4 is 9.47 Å². The van der Waals surface area contributed by atoms with E-state index in [1.54, 1.807) is 32.4 Å². The molecular weight excluding hydrogens is 422 g/mol. The quantitative estimate of drug-likeness (QED) is 0.274. The summed E-state index contributed by atoms with van der Waals surface area (Å²) in [6.07, 6.45) is 0. The van der Waals surface area contributed by atoms with Crippen molar-refractivity contribution in [2.45, 2.75) is 5.16 Å². The average molecular weight is 444 g/mol. The van der Waals surface area contributed by atoms with Crippen molar-refractivity contribution in [3.05, 3.63) is 84.4 Å². The van der Waals surface area contributed by atoms with Gasteiger partial charge in [0.15, 0.2) is 17.3 Å². The highest BCUT2D eigenvalue weighted by molar-refractivity contribution is 7.99. The number of methoxy groups -OCH3 is 2. The van der Waals surface area contributed by atoms with Crippen LogP contribution in [0.2, 0.25) is 0 Å². The molecule has 0 spiro atoms. The zero-order valence-corrected chi connectivity index (χ0v) is 18.5. The zero-order chi connectivity index (χ0) is 22.3. The zero-order valence-electron chi connectivity index (χ0n) is 17.7. The van der Waals surface area contributed by atoms with Gasteiger partial charge in [-0.25, -0.2) is 4.98 Å². The number of nitrogens with zero attached hydrogens (tertiary/aromatic N) is 3. The molecule has 6 nitrogen and oxygen atoms in total. The molecule has 0 atom stereocenters. The summed E-state index contributed by atoms with van der Waals surface area (Å²) in [5.74, 6) is 1.21. The molecule has 0 bridgehead atoms. The van der Waals surface area contributed by atoms with Gasteiger partial charge in [-0.2, -0.15) is 0 Å². The summed E-state index contributed by atoms with van der Waals surface area (Å²) >= 11 is 1.25. The van der Waals surface area contributed by atoms with E-state index in [1.165, 1.54) is 11.8 Å². The highest BCUT2D eigenvalue weighted by Crippen LogP contribution is 2.31. The van der Waals surface area contributed by atoms with Crippen LogP contribution in [0, 0.1) is 0 Å². The van der Waals surface area contributed by atoms with Crippen LogP contribution in [0.1, 0.15) is 10.4 Å². The van der Waals surface area contributed by atoms with E-state index in [-0.39, 0.29) is 11.5 Å². The van der Waals surface area contributed by atoms with Gasteiger partial charge < -0.3 is 9.47 Å². The van der Waals surface area contributed by atoms with E-state index >= 15 is 0 Å². The van der Waals surface area contributed by atoms with E-state index in [0.717, 1.165) is 16.8 Å². The molecule has 0 radical (unpaired) electrons. The van der Waals surface area contributed by atoms with Gasteiger partial charge in [-0.1, -0.05) is 72.4 Å². The number of carbonyl (C=O) groups is 1. The van der Waals surface area contributed by atoms with Gasteiger partial charge in [-0.15, -0.1) is 10.2 Å². The fourth-order valence-corrected chi connectivity index (χ4v) is 3.86. The largest absolute Gasteiger partial charge is 0.493 e. The van der Waals surface area contributed by atoms with Gasteiger partial charge in [-0.05, 0) is 18.2 Å². The second-order valence-corrected chi connectivity index (χ2v) is 7.75. The van der Waals surface area contributed by atoms with Gasteiger partial charge in [0.1, 0.15) is 11.4 Å². The van der Waals surface area contributed by atoms with Crippen LogP contribution in [-0.4, -0.2) is 40.9 Å². The number of ketones is 1. The number of hydrogen-bond donors (Lipinski definition) is 0. The third-order valence-electron chi connectivity index (χ3n) is 4.80. The molecule has 3 aromatic carbocycles. The highest BCUT2D eigenvalue weighted by atomic mass is 32.2. The van der Waals surface area contributed by atoms with E-state index in [1.807, 2.05) is 60.7 Å². The first kappa shape index (κ1) is 21.5. The lowest BCUT2D eigenvalue weighted by atomic mass is 10.0. The SMILES string of the molecule is COc1ccc(C(=O)CSc2nnc(-c3ccccc3)c(-c3ccccc3)n2)cc1OC. The minimum atomic E-state index is -0.0621.